The lowest BCUT2D eigenvalue weighted by Crippen LogP contribution is -2.42. The molecule has 4 heterocycles. The van der Waals surface area contributed by atoms with Crippen molar-refractivity contribution < 1.29 is 4.74 Å². The number of nitrogens with one attached hydrogen (secondary N) is 1. The van der Waals surface area contributed by atoms with Gasteiger partial charge in [-0.15, -0.1) is 35.3 Å². The molecule has 0 radical (unpaired) electrons. The molecule has 1 aromatic heterocycles. The van der Waals surface area contributed by atoms with Gasteiger partial charge in [-0.25, -0.2) is 4.98 Å². The van der Waals surface area contributed by atoms with Gasteiger partial charge >= 0.3 is 0 Å². The van der Waals surface area contributed by atoms with E-state index in [1.54, 1.807) is 11.3 Å². The highest BCUT2D eigenvalue weighted by Crippen LogP contribution is 2.38. The minimum atomic E-state index is 0. The molecule has 6 nitrogen and oxygen atoms in total. The van der Waals surface area contributed by atoms with Crippen LogP contribution in [-0.2, 0) is 17.7 Å². The molecule has 0 aliphatic carbocycles. The second-order valence-electron chi connectivity index (χ2n) is 8.97. The van der Waals surface area contributed by atoms with Gasteiger partial charge in [-0.05, 0) is 58.0 Å². The smallest absolute Gasteiger partial charge is 0.193 e. The van der Waals surface area contributed by atoms with E-state index >= 15 is 0 Å². The molecule has 1 atom stereocenters. The van der Waals surface area contributed by atoms with E-state index in [-0.39, 0.29) is 24.0 Å². The van der Waals surface area contributed by atoms with Gasteiger partial charge in [0.15, 0.2) is 5.96 Å². The zero-order valence-electron chi connectivity index (χ0n) is 18.6. The highest BCUT2D eigenvalue weighted by Gasteiger charge is 2.42. The molecular weight excluding hydrogens is 509 g/mol. The van der Waals surface area contributed by atoms with Crippen molar-refractivity contribution in [1.82, 2.24) is 20.1 Å². The second kappa shape index (κ2) is 11.4. The maximum absolute atomic E-state index is 5.69. The second-order valence-corrected chi connectivity index (χ2v) is 9.92. The van der Waals surface area contributed by atoms with Gasteiger partial charge in [-0.1, -0.05) is 6.92 Å². The Balaban J connectivity index is 0.00000256. The minimum absolute atomic E-state index is 0. The first-order chi connectivity index (χ1) is 14.2. The molecule has 4 rings (SSSR count). The highest BCUT2D eigenvalue weighted by atomic mass is 127. The number of aliphatic imine (C=N–C) groups is 1. The predicted octanol–water partition coefficient (Wildman–Crippen LogP) is 3.61. The van der Waals surface area contributed by atoms with Crippen LogP contribution in [0.2, 0.25) is 0 Å². The number of guanidine groups is 1. The molecule has 0 bridgehead atoms. The van der Waals surface area contributed by atoms with Gasteiger partial charge in [0.05, 0.1) is 17.3 Å². The fourth-order valence-corrected chi connectivity index (χ4v) is 5.60. The molecule has 0 aromatic carbocycles. The summed E-state index contributed by atoms with van der Waals surface area (Å²) in [4.78, 5) is 14.8. The SMILES string of the molecule is CCNC(=NCC1CCN(Cc2csc(CC)n2)CC1)N1CCC2(CCOC2)C1.I. The van der Waals surface area contributed by atoms with Crippen LogP contribution < -0.4 is 5.32 Å². The normalized spacial score (nSPS) is 25.8. The van der Waals surface area contributed by atoms with E-state index in [0.29, 0.717) is 11.3 Å². The van der Waals surface area contributed by atoms with Crippen molar-refractivity contribution in [1.29, 1.82) is 0 Å². The van der Waals surface area contributed by atoms with E-state index in [4.69, 9.17) is 14.7 Å². The van der Waals surface area contributed by atoms with Crippen molar-refractivity contribution in [3.05, 3.63) is 16.1 Å². The van der Waals surface area contributed by atoms with Crippen LogP contribution in [0.3, 0.4) is 0 Å². The fourth-order valence-electron chi connectivity index (χ4n) is 4.87. The summed E-state index contributed by atoms with van der Waals surface area (Å²) in [7, 11) is 0. The van der Waals surface area contributed by atoms with Crippen LogP contribution in [0.15, 0.2) is 10.4 Å². The van der Waals surface area contributed by atoms with Gasteiger partial charge in [0.1, 0.15) is 0 Å². The molecule has 1 spiro atoms. The number of aromatic nitrogens is 1. The molecule has 3 aliphatic rings. The van der Waals surface area contributed by atoms with Crippen LogP contribution in [0.25, 0.3) is 0 Å². The van der Waals surface area contributed by atoms with Gasteiger partial charge in [0, 0.05) is 50.1 Å². The van der Waals surface area contributed by atoms with Crippen molar-refractivity contribution in [3.8, 4) is 0 Å². The summed E-state index contributed by atoms with van der Waals surface area (Å²) in [5, 5.41) is 7.03. The van der Waals surface area contributed by atoms with Crippen LogP contribution in [0.5, 0.6) is 0 Å². The average molecular weight is 548 g/mol. The Hall–Kier alpha value is -0.450. The standard InChI is InChI=1S/C22H37N5OS.HI/c1-3-20-25-19(15-29-20)14-26-9-5-18(6-10-26)13-24-21(23-4-2)27-11-7-22(16-27)8-12-28-17-22;/h15,18H,3-14,16-17H2,1-2H3,(H,23,24);1H. The number of ether oxygens (including phenoxy) is 1. The lowest BCUT2D eigenvalue weighted by atomic mass is 9.87. The summed E-state index contributed by atoms with van der Waals surface area (Å²) in [6.45, 7) is 13.7. The number of halogens is 1. The number of rotatable bonds is 6. The molecule has 170 valence electrons. The third-order valence-electron chi connectivity index (χ3n) is 6.75. The monoisotopic (exact) mass is 547 g/mol. The van der Waals surface area contributed by atoms with Crippen LogP contribution in [0.1, 0.15) is 50.2 Å². The summed E-state index contributed by atoms with van der Waals surface area (Å²) in [6.07, 6.45) is 5.98. The Labute approximate surface area is 202 Å². The predicted molar refractivity (Wildman–Crippen MR) is 135 cm³/mol. The number of hydrogen-bond donors (Lipinski definition) is 1. The zero-order chi connectivity index (χ0) is 20.1. The summed E-state index contributed by atoms with van der Waals surface area (Å²) in [5.41, 5.74) is 1.63. The molecule has 1 aromatic rings. The Morgan fingerprint density at radius 1 is 1.30 bits per heavy atom. The van der Waals surface area contributed by atoms with E-state index in [1.165, 1.54) is 49.5 Å². The number of likely N-dealkylation sites (tertiary alicyclic amines) is 2. The molecule has 3 saturated heterocycles. The quantitative estimate of drug-likeness (QED) is 0.335. The Morgan fingerprint density at radius 3 is 2.80 bits per heavy atom. The average Bonchev–Trinajstić information content (AvgIpc) is 3.49. The van der Waals surface area contributed by atoms with Gasteiger partial charge < -0.3 is 15.0 Å². The summed E-state index contributed by atoms with van der Waals surface area (Å²) >= 11 is 1.80. The highest BCUT2D eigenvalue weighted by molar-refractivity contribution is 14.0. The fraction of sp³-hybridized carbons (Fsp3) is 0.818. The molecule has 8 heteroatoms. The third kappa shape index (κ3) is 6.07. The van der Waals surface area contributed by atoms with Crippen LogP contribution >= 0.6 is 35.3 Å². The van der Waals surface area contributed by atoms with Gasteiger partial charge in [-0.3, -0.25) is 9.89 Å². The number of thiazole rings is 1. The van der Waals surface area contributed by atoms with Crippen molar-refractivity contribution in [2.24, 2.45) is 16.3 Å². The molecule has 3 fully saturated rings. The van der Waals surface area contributed by atoms with Crippen molar-refractivity contribution in [2.75, 3.05) is 52.5 Å². The summed E-state index contributed by atoms with van der Waals surface area (Å²) in [5.74, 6) is 1.82. The maximum atomic E-state index is 5.69. The number of aryl methyl sites for hydroxylation is 1. The van der Waals surface area contributed by atoms with E-state index in [9.17, 15) is 0 Å². The van der Waals surface area contributed by atoms with E-state index in [1.807, 2.05) is 0 Å². The Bertz CT molecular complexity index is 683. The first-order valence-corrected chi connectivity index (χ1v) is 12.3. The van der Waals surface area contributed by atoms with Crippen molar-refractivity contribution in [2.45, 2.75) is 52.5 Å². The first-order valence-electron chi connectivity index (χ1n) is 11.5. The maximum Gasteiger partial charge on any atom is 0.193 e. The minimum Gasteiger partial charge on any atom is -0.381 e. The largest absolute Gasteiger partial charge is 0.381 e. The molecule has 1 N–H and O–H groups in total. The lowest BCUT2D eigenvalue weighted by Gasteiger charge is -2.31. The van der Waals surface area contributed by atoms with Crippen molar-refractivity contribution in [3.63, 3.8) is 0 Å². The zero-order valence-corrected chi connectivity index (χ0v) is 21.7. The number of nitrogens with zero attached hydrogens (tertiary/aromatic N) is 4. The molecule has 0 amide bonds. The van der Waals surface area contributed by atoms with E-state index in [2.05, 4.69) is 34.3 Å². The summed E-state index contributed by atoms with van der Waals surface area (Å²) < 4.78 is 5.69. The molecular formula is C22H38IN5OS. The molecule has 30 heavy (non-hydrogen) atoms. The van der Waals surface area contributed by atoms with Crippen LogP contribution in [-0.4, -0.2) is 73.2 Å². The molecule has 1 unspecified atom stereocenters. The summed E-state index contributed by atoms with van der Waals surface area (Å²) in [6, 6.07) is 0. The molecule has 3 aliphatic heterocycles. The Kier molecular flexibility index (Phi) is 9.22. The number of piperidine rings is 1. The Morgan fingerprint density at radius 2 is 2.13 bits per heavy atom. The van der Waals surface area contributed by atoms with Crippen molar-refractivity contribution >= 4 is 41.3 Å². The molecule has 0 saturated carbocycles. The van der Waals surface area contributed by atoms with Crippen LogP contribution in [0.4, 0.5) is 0 Å². The topological polar surface area (TPSA) is 53.0 Å². The van der Waals surface area contributed by atoms with E-state index in [0.717, 1.165) is 58.3 Å². The van der Waals surface area contributed by atoms with E-state index < -0.39 is 0 Å². The van der Waals surface area contributed by atoms with Gasteiger partial charge in [0.25, 0.3) is 0 Å². The van der Waals surface area contributed by atoms with Gasteiger partial charge in [0.2, 0.25) is 0 Å². The third-order valence-corrected chi connectivity index (χ3v) is 7.79. The van der Waals surface area contributed by atoms with Crippen LogP contribution in [0, 0.1) is 11.3 Å². The number of hydrogen-bond acceptors (Lipinski definition) is 5. The van der Waals surface area contributed by atoms with Gasteiger partial charge in [-0.2, -0.15) is 0 Å². The lowest BCUT2D eigenvalue weighted by molar-refractivity contribution is 0.156. The first kappa shape index (κ1) is 24.2.